The average molecular weight is 346 g/mol. The Morgan fingerprint density at radius 1 is 0.760 bits per heavy atom. The zero-order valence-corrected chi connectivity index (χ0v) is 15.6. The highest BCUT2D eigenvalue weighted by molar-refractivity contribution is 7.85. The Kier molecular flexibility index (Phi) is 5.06. The zero-order valence-electron chi connectivity index (χ0n) is 14.7. The van der Waals surface area contributed by atoms with Crippen molar-refractivity contribution in [2.24, 2.45) is 0 Å². The molecule has 0 saturated heterocycles. The predicted molar refractivity (Wildman–Crippen MR) is 109 cm³/mol. The maximum absolute atomic E-state index is 14.2. The van der Waals surface area contributed by atoms with Gasteiger partial charge in [-0.25, -0.2) is 0 Å². The first-order chi connectivity index (χ1) is 12.0. The molecule has 25 heavy (non-hydrogen) atoms. The molecule has 3 aromatic carbocycles. The van der Waals surface area contributed by atoms with Crippen molar-refractivity contribution in [3.63, 3.8) is 0 Å². The van der Waals surface area contributed by atoms with E-state index in [1.807, 2.05) is 79.7 Å². The minimum Gasteiger partial charge on any atom is -0.309 e. The highest BCUT2D eigenvalue weighted by Gasteiger charge is 2.29. The molecule has 126 valence electrons. The molecule has 0 fully saturated rings. The summed E-state index contributed by atoms with van der Waals surface area (Å²) in [6.45, 7) is 8.23. The quantitative estimate of drug-likeness (QED) is 0.469. The van der Waals surface area contributed by atoms with Gasteiger partial charge in [0.25, 0.3) is 0 Å². The molecule has 0 heterocycles. The van der Waals surface area contributed by atoms with Crippen LogP contribution in [0.4, 0.5) is 0 Å². The molecule has 2 heteroatoms. The molecule has 1 atom stereocenters. The van der Waals surface area contributed by atoms with Gasteiger partial charge in [-0.05, 0) is 12.5 Å². The molecule has 0 amide bonds. The lowest BCUT2D eigenvalue weighted by Crippen LogP contribution is -2.25. The van der Waals surface area contributed by atoms with Gasteiger partial charge in [-0.15, -0.1) is 0 Å². The SMILES string of the molecule is C=C(C)C(C)c1ccc(P(=O)(c2ccccc2)c2ccccc2)cc1. The van der Waals surface area contributed by atoms with Gasteiger partial charge in [0.15, 0.2) is 7.14 Å². The smallest absolute Gasteiger partial charge is 0.171 e. The summed E-state index contributed by atoms with van der Waals surface area (Å²) in [5, 5.41) is 2.59. The number of hydrogen-bond donors (Lipinski definition) is 0. The van der Waals surface area contributed by atoms with Crippen molar-refractivity contribution >= 4 is 23.1 Å². The van der Waals surface area contributed by atoms with Crippen LogP contribution in [0.5, 0.6) is 0 Å². The fourth-order valence-electron chi connectivity index (χ4n) is 2.98. The van der Waals surface area contributed by atoms with E-state index in [1.54, 1.807) is 0 Å². The Labute approximate surface area is 150 Å². The van der Waals surface area contributed by atoms with Gasteiger partial charge in [0, 0.05) is 21.8 Å². The topological polar surface area (TPSA) is 17.1 Å². The van der Waals surface area contributed by atoms with E-state index in [2.05, 4.69) is 25.6 Å². The van der Waals surface area contributed by atoms with Crippen molar-refractivity contribution in [1.29, 1.82) is 0 Å². The molecule has 1 unspecified atom stereocenters. The second kappa shape index (κ2) is 7.25. The molecule has 0 bridgehead atoms. The van der Waals surface area contributed by atoms with E-state index in [4.69, 9.17) is 0 Å². The minimum atomic E-state index is -2.87. The van der Waals surface area contributed by atoms with E-state index < -0.39 is 7.14 Å². The van der Waals surface area contributed by atoms with Gasteiger partial charge in [0.05, 0.1) is 0 Å². The van der Waals surface area contributed by atoms with Gasteiger partial charge in [-0.2, -0.15) is 0 Å². The summed E-state index contributed by atoms with van der Waals surface area (Å²) in [6, 6.07) is 27.7. The molecule has 0 aliphatic heterocycles. The lowest BCUT2D eigenvalue weighted by atomic mass is 9.95. The summed E-state index contributed by atoms with van der Waals surface area (Å²) in [6.07, 6.45) is 0. The molecular weight excluding hydrogens is 323 g/mol. The third kappa shape index (κ3) is 3.38. The van der Waals surface area contributed by atoms with Crippen molar-refractivity contribution in [2.75, 3.05) is 0 Å². The van der Waals surface area contributed by atoms with Crippen LogP contribution in [0, 0.1) is 0 Å². The van der Waals surface area contributed by atoms with E-state index in [0.717, 1.165) is 21.5 Å². The van der Waals surface area contributed by atoms with Crippen LogP contribution >= 0.6 is 7.14 Å². The van der Waals surface area contributed by atoms with Crippen LogP contribution < -0.4 is 15.9 Å². The number of benzene rings is 3. The van der Waals surface area contributed by atoms with Crippen LogP contribution in [0.15, 0.2) is 97.1 Å². The van der Waals surface area contributed by atoms with Gasteiger partial charge >= 0.3 is 0 Å². The van der Waals surface area contributed by atoms with Gasteiger partial charge in [-0.3, -0.25) is 0 Å². The predicted octanol–water partition coefficient (Wildman–Crippen LogP) is 5.01. The van der Waals surface area contributed by atoms with Crippen molar-refractivity contribution in [2.45, 2.75) is 19.8 Å². The van der Waals surface area contributed by atoms with Crippen molar-refractivity contribution < 1.29 is 4.57 Å². The largest absolute Gasteiger partial charge is 0.309 e. The number of allylic oxidation sites excluding steroid dienone is 1. The molecule has 3 rings (SSSR count). The molecule has 0 radical (unpaired) electrons. The van der Waals surface area contributed by atoms with Crippen LogP contribution in [0.2, 0.25) is 0 Å². The second-order valence-corrected chi connectivity index (χ2v) is 9.21. The van der Waals surface area contributed by atoms with Gasteiger partial charge < -0.3 is 4.57 Å². The molecule has 0 aliphatic carbocycles. The standard InChI is InChI=1S/C23H23OP/c1-18(2)19(3)20-14-16-23(17-15-20)25(24,21-10-6-4-7-11-21)22-12-8-5-9-13-22/h4-17,19H,1H2,2-3H3. The number of rotatable bonds is 5. The first-order valence-corrected chi connectivity index (χ1v) is 10.2. The summed E-state index contributed by atoms with van der Waals surface area (Å²) >= 11 is 0. The fraction of sp³-hybridized carbons (Fsp3) is 0.130. The lowest BCUT2D eigenvalue weighted by molar-refractivity contribution is 0.592. The molecule has 0 aromatic heterocycles. The molecule has 0 aliphatic rings. The Balaban J connectivity index is 2.14. The van der Waals surface area contributed by atoms with E-state index in [1.165, 1.54) is 5.56 Å². The summed E-state index contributed by atoms with van der Waals surface area (Å²) in [7, 11) is -2.87. The summed E-state index contributed by atoms with van der Waals surface area (Å²) < 4.78 is 14.2. The van der Waals surface area contributed by atoms with Gasteiger partial charge in [0.2, 0.25) is 0 Å². The van der Waals surface area contributed by atoms with Crippen LogP contribution in [-0.2, 0) is 4.57 Å². The lowest BCUT2D eigenvalue weighted by Gasteiger charge is -2.21. The minimum absolute atomic E-state index is 0.293. The Morgan fingerprint density at radius 2 is 1.16 bits per heavy atom. The molecular formula is C23H23OP. The highest BCUT2D eigenvalue weighted by Crippen LogP contribution is 2.42. The van der Waals surface area contributed by atoms with Crippen molar-refractivity contribution in [3.05, 3.63) is 103 Å². The van der Waals surface area contributed by atoms with Crippen LogP contribution in [0.25, 0.3) is 0 Å². The van der Waals surface area contributed by atoms with E-state index in [9.17, 15) is 4.57 Å². The number of hydrogen-bond acceptors (Lipinski definition) is 1. The van der Waals surface area contributed by atoms with E-state index >= 15 is 0 Å². The van der Waals surface area contributed by atoms with Gasteiger partial charge in [0.1, 0.15) is 0 Å². The monoisotopic (exact) mass is 346 g/mol. The third-order valence-electron chi connectivity index (χ3n) is 4.74. The molecule has 0 spiro atoms. The second-order valence-electron chi connectivity index (χ2n) is 6.44. The summed E-state index contributed by atoms with van der Waals surface area (Å²) in [5.74, 6) is 0.293. The third-order valence-corrected chi connectivity index (χ3v) is 7.81. The zero-order chi connectivity index (χ0) is 17.9. The molecule has 1 nitrogen and oxygen atoms in total. The molecule has 0 N–H and O–H groups in total. The van der Waals surface area contributed by atoms with Crippen molar-refractivity contribution in [3.8, 4) is 0 Å². The van der Waals surface area contributed by atoms with Crippen molar-refractivity contribution in [1.82, 2.24) is 0 Å². The fourth-order valence-corrected chi connectivity index (χ4v) is 5.63. The Bertz CT molecular complexity index is 852. The van der Waals surface area contributed by atoms with Crippen LogP contribution in [0.1, 0.15) is 25.3 Å². The normalized spacial score (nSPS) is 12.6. The van der Waals surface area contributed by atoms with E-state index in [-0.39, 0.29) is 0 Å². The Hall–Kier alpha value is -2.37. The molecule has 0 saturated carbocycles. The van der Waals surface area contributed by atoms with Crippen LogP contribution in [0.3, 0.4) is 0 Å². The maximum Gasteiger partial charge on any atom is 0.171 e. The summed E-state index contributed by atoms with van der Waals surface area (Å²) in [4.78, 5) is 0. The van der Waals surface area contributed by atoms with E-state index in [0.29, 0.717) is 5.92 Å². The first kappa shape index (κ1) is 17.5. The average Bonchev–Trinajstić information content (AvgIpc) is 2.68. The molecule has 3 aromatic rings. The maximum atomic E-state index is 14.2. The Morgan fingerprint density at radius 3 is 1.56 bits per heavy atom. The first-order valence-electron chi connectivity index (χ1n) is 8.50. The van der Waals surface area contributed by atoms with Crippen LogP contribution in [-0.4, -0.2) is 0 Å². The summed E-state index contributed by atoms with van der Waals surface area (Å²) in [5.41, 5.74) is 2.32. The van der Waals surface area contributed by atoms with Gasteiger partial charge in [-0.1, -0.05) is 104 Å². The highest BCUT2D eigenvalue weighted by atomic mass is 31.2.